The Morgan fingerprint density at radius 1 is 1.58 bits per heavy atom. The maximum Gasteiger partial charge on any atom is 0.0281 e. The molecule has 1 unspecified atom stereocenters. The molecule has 0 fully saturated rings. The predicted molar refractivity (Wildman–Crippen MR) is 54.0 cm³/mol. The van der Waals surface area contributed by atoms with Gasteiger partial charge in [-0.15, -0.1) is 11.3 Å². The van der Waals surface area contributed by atoms with Gasteiger partial charge in [0.2, 0.25) is 0 Å². The Balaban J connectivity index is 2.48. The van der Waals surface area contributed by atoms with Crippen molar-refractivity contribution in [1.82, 2.24) is 5.43 Å². The summed E-state index contributed by atoms with van der Waals surface area (Å²) in [5, 5.41) is 2.10. The number of rotatable bonds is 4. The summed E-state index contributed by atoms with van der Waals surface area (Å²) in [7, 11) is 0. The molecule has 0 bridgehead atoms. The third-order valence-electron chi connectivity index (χ3n) is 2.02. The van der Waals surface area contributed by atoms with Gasteiger partial charge in [0.25, 0.3) is 0 Å². The van der Waals surface area contributed by atoms with Crippen LogP contribution in [0.1, 0.15) is 18.7 Å². The molecule has 0 aliphatic rings. The Morgan fingerprint density at radius 3 is 2.75 bits per heavy atom. The standard InChI is InChI=1S/C9H16N2S/c1-7(2)9(11-10)6-8-4-3-5-12-8/h3-5,7,9,11H,6,10H2,1-2H3. The van der Waals surface area contributed by atoms with E-state index in [1.54, 1.807) is 11.3 Å². The van der Waals surface area contributed by atoms with Gasteiger partial charge in [0.15, 0.2) is 0 Å². The first-order valence-electron chi connectivity index (χ1n) is 4.22. The lowest BCUT2D eigenvalue weighted by molar-refractivity contribution is 0.406. The SMILES string of the molecule is CC(C)C(Cc1cccs1)NN. The Hall–Kier alpha value is -0.380. The molecule has 1 aromatic rings. The average Bonchev–Trinajstić information content (AvgIpc) is 2.51. The van der Waals surface area contributed by atoms with E-state index < -0.39 is 0 Å². The van der Waals surface area contributed by atoms with Crippen LogP contribution in [0.5, 0.6) is 0 Å². The van der Waals surface area contributed by atoms with Gasteiger partial charge in [-0.05, 0) is 23.8 Å². The van der Waals surface area contributed by atoms with Crippen LogP contribution < -0.4 is 11.3 Å². The second kappa shape index (κ2) is 4.60. The van der Waals surface area contributed by atoms with E-state index in [0.717, 1.165) is 6.42 Å². The van der Waals surface area contributed by atoms with Crippen molar-refractivity contribution in [1.29, 1.82) is 0 Å². The Bertz CT molecular complexity index is 206. The molecule has 1 rings (SSSR count). The molecule has 0 saturated carbocycles. The summed E-state index contributed by atoms with van der Waals surface area (Å²) < 4.78 is 0. The van der Waals surface area contributed by atoms with Crippen molar-refractivity contribution in [3.63, 3.8) is 0 Å². The van der Waals surface area contributed by atoms with Crippen molar-refractivity contribution in [3.8, 4) is 0 Å². The molecular formula is C9H16N2S. The third-order valence-corrected chi connectivity index (χ3v) is 2.92. The maximum absolute atomic E-state index is 5.44. The van der Waals surface area contributed by atoms with Crippen LogP contribution in [0.4, 0.5) is 0 Å². The van der Waals surface area contributed by atoms with E-state index >= 15 is 0 Å². The van der Waals surface area contributed by atoms with E-state index in [4.69, 9.17) is 5.84 Å². The number of hydrazine groups is 1. The van der Waals surface area contributed by atoms with Crippen LogP contribution in [-0.4, -0.2) is 6.04 Å². The van der Waals surface area contributed by atoms with E-state index in [2.05, 4.69) is 36.8 Å². The van der Waals surface area contributed by atoms with Gasteiger partial charge in [0.05, 0.1) is 0 Å². The zero-order valence-corrected chi connectivity index (χ0v) is 8.40. The fraction of sp³-hybridized carbons (Fsp3) is 0.556. The second-order valence-corrected chi connectivity index (χ2v) is 4.33. The van der Waals surface area contributed by atoms with Crippen molar-refractivity contribution in [2.24, 2.45) is 11.8 Å². The van der Waals surface area contributed by atoms with Crippen LogP contribution in [0, 0.1) is 5.92 Å². The smallest absolute Gasteiger partial charge is 0.0281 e. The predicted octanol–water partition coefficient (Wildman–Crippen LogP) is 1.78. The molecule has 0 radical (unpaired) electrons. The topological polar surface area (TPSA) is 38.0 Å². The van der Waals surface area contributed by atoms with Gasteiger partial charge in [0, 0.05) is 10.9 Å². The molecule has 0 aliphatic carbocycles. The Labute approximate surface area is 77.8 Å². The first-order valence-corrected chi connectivity index (χ1v) is 5.10. The quantitative estimate of drug-likeness (QED) is 0.553. The van der Waals surface area contributed by atoms with Crippen LogP contribution in [0.25, 0.3) is 0 Å². The number of nitrogens with two attached hydrogens (primary N) is 1. The number of hydrogen-bond donors (Lipinski definition) is 2. The highest BCUT2D eigenvalue weighted by Gasteiger charge is 2.11. The lowest BCUT2D eigenvalue weighted by Gasteiger charge is -2.18. The molecule has 0 aromatic carbocycles. The first kappa shape index (κ1) is 9.71. The summed E-state index contributed by atoms with van der Waals surface area (Å²) in [5.41, 5.74) is 2.85. The summed E-state index contributed by atoms with van der Waals surface area (Å²) in [6.07, 6.45) is 1.03. The monoisotopic (exact) mass is 184 g/mol. The lowest BCUT2D eigenvalue weighted by Crippen LogP contribution is -2.40. The average molecular weight is 184 g/mol. The van der Waals surface area contributed by atoms with Gasteiger partial charge in [-0.25, -0.2) is 0 Å². The van der Waals surface area contributed by atoms with Crippen LogP contribution in [-0.2, 0) is 6.42 Å². The third kappa shape index (κ3) is 2.59. The van der Waals surface area contributed by atoms with Gasteiger partial charge >= 0.3 is 0 Å². The minimum Gasteiger partial charge on any atom is -0.271 e. The largest absolute Gasteiger partial charge is 0.271 e. The Morgan fingerprint density at radius 2 is 2.33 bits per heavy atom. The highest BCUT2D eigenvalue weighted by molar-refractivity contribution is 7.09. The summed E-state index contributed by atoms with van der Waals surface area (Å²) in [6.45, 7) is 4.36. The van der Waals surface area contributed by atoms with Crippen molar-refractivity contribution in [3.05, 3.63) is 22.4 Å². The van der Waals surface area contributed by atoms with Crippen LogP contribution in [0.3, 0.4) is 0 Å². The molecule has 1 aromatic heterocycles. The fourth-order valence-electron chi connectivity index (χ4n) is 1.13. The molecule has 0 amide bonds. The summed E-state index contributed by atoms with van der Waals surface area (Å²) in [6, 6.07) is 4.62. The highest BCUT2D eigenvalue weighted by atomic mass is 32.1. The van der Waals surface area contributed by atoms with Crippen LogP contribution in [0.15, 0.2) is 17.5 Å². The normalized spacial score (nSPS) is 13.7. The molecule has 2 nitrogen and oxygen atoms in total. The van der Waals surface area contributed by atoms with Gasteiger partial charge < -0.3 is 0 Å². The zero-order chi connectivity index (χ0) is 8.97. The molecule has 12 heavy (non-hydrogen) atoms. The van der Waals surface area contributed by atoms with Crippen molar-refractivity contribution in [2.45, 2.75) is 26.3 Å². The minimum atomic E-state index is 0.392. The number of thiophene rings is 1. The van der Waals surface area contributed by atoms with Gasteiger partial charge in [-0.2, -0.15) is 0 Å². The molecule has 68 valence electrons. The van der Waals surface area contributed by atoms with Gasteiger partial charge in [0.1, 0.15) is 0 Å². The van der Waals surface area contributed by atoms with E-state index in [1.807, 2.05) is 0 Å². The van der Waals surface area contributed by atoms with Crippen LogP contribution in [0.2, 0.25) is 0 Å². The zero-order valence-electron chi connectivity index (χ0n) is 7.58. The van der Waals surface area contributed by atoms with Crippen molar-refractivity contribution >= 4 is 11.3 Å². The van der Waals surface area contributed by atoms with E-state index in [1.165, 1.54) is 4.88 Å². The molecule has 1 atom stereocenters. The van der Waals surface area contributed by atoms with Crippen molar-refractivity contribution < 1.29 is 0 Å². The molecule has 1 heterocycles. The van der Waals surface area contributed by atoms with E-state index in [9.17, 15) is 0 Å². The molecular weight excluding hydrogens is 168 g/mol. The van der Waals surface area contributed by atoms with Crippen LogP contribution >= 0.6 is 11.3 Å². The molecule has 3 heteroatoms. The fourth-order valence-corrected chi connectivity index (χ4v) is 1.90. The second-order valence-electron chi connectivity index (χ2n) is 3.30. The van der Waals surface area contributed by atoms with E-state index in [0.29, 0.717) is 12.0 Å². The summed E-state index contributed by atoms with van der Waals surface area (Å²) >= 11 is 1.79. The van der Waals surface area contributed by atoms with Gasteiger partial charge in [-0.1, -0.05) is 19.9 Å². The molecule has 0 saturated heterocycles. The molecule has 0 aliphatic heterocycles. The molecule has 3 N–H and O–H groups in total. The lowest BCUT2D eigenvalue weighted by atomic mass is 10.0. The number of hydrogen-bond acceptors (Lipinski definition) is 3. The maximum atomic E-state index is 5.44. The first-order chi connectivity index (χ1) is 5.74. The van der Waals surface area contributed by atoms with Gasteiger partial charge in [-0.3, -0.25) is 11.3 Å². The highest BCUT2D eigenvalue weighted by Crippen LogP contribution is 2.14. The summed E-state index contributed by atoms with van der Waals surface area (Å²) in [5.74, 6) is 6.03. The summed E-state index contributed by atoms with van der Waals surface area (Å²) in [4.78, 5) is 1.40. The number of nitrogens with one attached hydrogen (secondary N) is 1. The van der Waals surface area contributed by atoms with Crippen molar-refractivity contribution in [2.75, 3.05) is 0 Å². The Kier molecular flexibility index (Phi) is 3.72. The van der Waals surface area contributed by atoms with E-state index in [-0.39, 0.29) is 0 Å². The molecule has 0 spiro atoms. The minimum absolute atomic E-state index is 0.392.